The molecule has 4 aromatic rings. The Balaban J connectivity index is 0.000000332. The number of aromatic nitrogens is 1. The minimum absolute atomic E-state index is 0. The third kappa shape index (κ3) is 5.67. The molecule has 0 N–H and O–H groups in total. The molecule has 0 aliphatic heterocycles. The maximum atomic E-state index is 3.26. The Hall–Kier alpha value is -2.19. The monoisotopic (exact) mass is 465 g/mol. The topological polar surface area (TPSA) is 4.93 Å². The van der Waals surface area contributed by atoms with E-state index in [1.165, 1.54) is 45.8 Å². The molecule has 1 aliphatic carbocycles. The molecular formula is C25H23F2NZr. The maximum Gasteiger partial charge on any atom is 4.00 e. The Morgan fingerprint density at radius 2 is 1.69 bits per heavy atom. The van der Waals surface area contributed by atoms with Gasteiger partial charge in [-0.2, -0.15) is 6.08 Å². The van der Waals surface area contributed by atoms with Crippen molar-refractivity contribution >= 4 is 21.7 Å². The molecule has 146 valence electrons. The van der Waals surface area contributed by atoms with Gasteiger partial charge in [-0.25, -0.2) is 11.6 Å². The first-order valence-electron chi connectivity index (χ1n) is 9.33. The third-order valence-electron chi connectivity index (χ3n) is 4.77. The molecule has 0 bridgehead atoms. The first kappa shape index (κ1) is 24.9. The van der Waals surface area contributed by atoms with Crippen molar-refractivity contribution in [1.29, 1.82) is 0 Å². The molecule has 1 aromatic heterocycles. The van der Waals surface area contributed by atoms with Crippen LogP contribution in [0.5, 0.6) is 0 Å². The molecule has 0 fully saturated rings. The van der Waals surface area contributed by atoms with Gasteiger partial charge >= 0.3 is 26.2 Å². The van der Waals surface area contributed by atoms with Crippen molar-refractivity contribution in [2.75, 3.05) is 0 Å². The van der Waals surface area contributed by atoms with Gasteiger partial charge in [0.25, 0.3) is 0 Å². The predicted octanol–water partition coefficient (Wildman–Crippen LogP) is 0.984. The van der Waals surface area contributed by atoms with Gasteiger partial charge in [0.15, 0.2) is 0 Å². The van der Waals surface area contributed by atoms with E-state index in [9.17, 15) is 0 Å². The summed E-state index contributed by atoms with van der Waals surface area (Å²) in [5.74, 6) is 0. The van der Waals surface area contributed by atoms with Gasteiger partial charge < -0.3 is 14.0 Å². The molecule has 29 heavy (non-hydrogen) atoms. The van der Waals surface area contributed by atoms with Gasteiger partial charge in [0.2, 0.25) is 0 Å². The minimum atomic E-state index is 0. The number of hydrogen-bond donors (Lipinski definition) is 0. The fourth-order valence-electron chi connectivity index (χ4n) is 3.47. The van der Waals surface area contributed by atoms with E-state index in [4.69, 9.17) is 0 Å². The molecule has 1 heterocycles. The number of halogens is 2. The summed E-state index contributed by atoms with van der Waals surface area (Å²) in [6.45, 7) is 2.20. The SMILES string of the molecule is CCCC1=[C-]CC=C1.[F-].[F-].[Zr+4].c1ccc2[cH-]c(-n3ccc4ccccc43)cc2c1. The quantitative estimate of drug-likeness (QED) is 0.397. The zero-order valence-electron chi connectivity index (χ0n) is 16.4. The van der Waals surface area contributed by atoms with Gasteiger partial charge in [-0.05, 0) is 23.2 Å². The van der Waals surface area contributed by atoms with Crippen LogP contribution >= 0.6 is 0 Å². The number of allylic oxidation sites excluding steroid dienone is 4. The van der Waals surface area contributed by atoms with Crippen LogP contribution in [-0.4, -0.2) is 4.57 Å². The van der Waals surface area contributed by atoms with E-state index in [1.807, 2.05) is 0 Å². The van der Waals surface area contributed by atoms with Crippen molar-refractivity contribution in [3.63, 3.8) is 0 Å². The number of rotatable bonds is 3. The first-order valence-corrected chi connectivity index (χ1v) is 9.33. The van der Waals surface area contributed by atoms with Crippen LogP contribution in [0.4, 0.5) is 0 Å². The van der Waals surface area contributed by atoms with Crippen molar-refractivity contribution in [1.82, 2.24) is 4.57 Å². The van der Waals surface area contributed by atoms with Gasteiger partial charge in [0.05, 0.1) is 5.52 Å². The number of fused-ring (bicyclic) bond motifs is 2. The normalized spacial score (nSPS) is 11.7. The molecule has 3 aromatic carbocycles. The Morgan fingerprint density at radius 3 is 2.38 bits per heavy atom. The largest absolute Gasteiger partial charge is 4.00 e. The molecule has 0 saturated carbocycles. The first-order chi connectivity index (χ1) is 12.8. The molecule has 4 heteroatoms. The maximum absolute atomic E-state index is 3.26. The molecule has 0 saturated heterocycles. The van der Waals surface area contributed by atoms with Crippen LogP contribution in [0.2, 0.25) is 0 Å². The van der Waals surface area contributed by atoms with Crippen LogP contribution in [0.25, 0.3) is 27.4 Å². The average Bonchev–Trinajstić information content (AvgIpc) is 3.41. The van der Waals surface area contributed by atoms with E-state index in [1.54, 1.807) is 0 Å². The fraction of sp³-hybridized carbons (Fsp3) is 0.160. The zero-order chi connectivity index (χ0) is 17.8. The molecule has 0 atom stereocenters. The molecule has 1 nitrogen and oxygen atoms in total. The summed E-state index contributed by atoms with van der Waals surface area (Å²) in [5.41, 5.74) is 3.89. The Labute approximate surface area is 190 Å². The van der Waals surface area contributed by atoms with Gasteiger partial charge in [-0.1, -0.05) is 44.0 Å². The number of hydrogen-bond acceptors (Lipinski definition) is 0. The summed E-state index contributed by atoms with van der Waals surface area (Å²) in [7, 11) is 0. The van der Waals surface area contributed by atoms with E-state index >= 15 is 0 Å². The van der Waals surface area contributed by atoms with Crippen LogP contribution in [0.3, 0.4) is 0 Å². The predicted molar refractivity (Wildman–Crippen MR) is 112 cm³/mol. The van der Waals surface area contributed by atoms with E-state index in [2.05, 4.69) is 103 Å². The summed E-state index contributed by atoms with van der Waals surface area (Å²) in [6, 6.07) is 23.6. The van der Waals surface area contributed by atoms with Crippen LogP contribution in [0.15, 0.2) is 90.7 Å². The van der Waals surface area contributed by atoms with Crippen molar-refractivity contribution in [3.05, 3.63) is 96.7 Å². The summed E-state index contributed by atoms with van der Waals surface area (Å²) < 4.78 is 2.25. The fourth-order valence-corrected chi connectivity index (χ4v) is 3.47. The minimum Gasteiger partial charge on any atom is -1.00 e. The summed E-state index contributed by atoms with van der Waals surface area (Å²) >= 11 is 0. The van der Waals surface area contributed by atoms with E-state index in [-0.39, 0.29) is 35.6 Å². The van der Waals surface area contributed by atoms with E-state index in [0.717, 1.165) is 6.42 Å². The van der Waals surface area contributed by atoms with Crippen molar-refractivity contribution in [3.8, 4) is 5.69 Å². The summed E-state index contributed by atoms with van der Waals surface area (Å²) in [5, 5.41) is 3.87. The number of nitrogens with zero attached hydrogens (tertiary/aromatic N) is 1. The Kier molecular flexibility index (Phi) is 10.0. The summed E-state index contributed by atoms with van der Waals surface area (Å²) in [6.07, 6.45) is 13.2. The molecule has 0 amide bonds. The van der Waals surface area contributed by atoms with Crippen LogP contribution in [-0.2, 0) is 26.2 Å². The molecule has 5 rings (SSSR count). The van der Waals surface area contributed by atoms with Gasteiger partial charge in [-0.3, -0.25) is 6.08 Å². The molecule has 0 spiro atoms. The average molecular weight is 467 g/mol. The standard InChI is InChI=1S/C17H12N.C8H11.2FH.Zr/c1-2-7-15-12-16(11-14(15)6-1)18-10-9-13-5-3-4-8-17(13)18;1-2-5-8-6-3-4-7-8;;;/h1-12H;3,6H,2,4-5H2,1H3;2*1H;/q2*-1;;;+4/p-2. The smallest absolute Gasteiger partial charge is 1.00 e. The third-order valence-corrected chi connectivity index (χ3v) is 4.77. The molecule has 1 aliphatic rings. The molecule has 0 unspecified atom stereocenters. The van der Waals surface area contributed by atoms with Crippen molar-refractivity contribution in [2.24, 2.45) is 0 Å². The second kappa shape index (κ2) is 11.7. The van der Waals surface area contributed by atoms with Gasteiger partial charge in [0, 0.05) is 6.20 Å². The second-order valence-corrected chi connectivity index (χ2v) is 6.65. The number of para-hydroxylation sites is 1. The Bertz CT molecular complexity index is 1060. The van der Waals surface area contributed by atoms with Crippen molar-refractivity contribution < 1.29 is 35.6 Å². The van der Waals surface area contributed by atoms with Crippen LogP contribution in [0, 0.1) is 6.08 Å². The van der Waals surface area contributed by atoms with Gasteiger partial charge in [-0.15, -0.1) is 47.5 Å². The zero-order valence-corrected chi connectivity index (χ0v) is 18.9. The van der Waals surface area contributed by atoms with Crippen LogP contribution in [0.1, 0.15) is 26.2 Å². The van der Waals surface area contributed by atoms with E-state index < -0.39 is 0 Å². The Morgan fingerprint density at radius 1 is 0.966 bits per heavy atom. The molecular weight excluding hydrogens is 444 g/mol. The number of benzene rings is 2. The molecule has 0 radical (unpaired) electrons. The summed E-state index contributed by atoms with van der Waals surface area (Å²) in [4.78, 5) is 0. The second-order valence-electron chi connectivity index (χ2n) is 6.65. The van der Waals surface area contributed by atoms with Crippen molar-refractivity contribution in [2.45, 2.75) is 26.2 Å². The van der Waals surface area contributed by atoms with Gasteiger partial charge in [0.1, 0.15) is 0 Å². The van der Waals surface area contributed by atoms with Crippen LogP contribution < -0.4 is 9.41 Å². The van der Waals surface area contributed by atoms with E-state index in [0.29, 0.717) is 0 Å².